The summed E-state index contributed by atoms with van der Waals surface area (Å²) in [5.41, 5.74) is 4.36. The van der Waals surface area contributed by atoms with Crippen molar-refractivity contribution < 1.29 is 0 Å². The van der Waals surface area contributed by atoms with E-state index in [0.717, 1.165) is 6.42 Å². The van der Waals surface area contributed by atoms with E-state index in [2.05, 4.69) is 35.7 Å². The minimum atomic E-state index is 0.161. The Labute approximate surface area is 60.3 Å². The van der Waals surface area contributed by atoms with Gasteiger partial charge in [-0.25, -0.2) is 0 Å². The first-order chi connectivity index (χ1) is 4.81. The Morgan fingerprint density at radius 2 is 2.60 bits per heavy atom. The second-order valence-corrected chi connectivity index (χ2v) is 3.00. The van der Waals surface area contributed by atoms with E-state index in [1.807, 2.05) is 6.21 Å². The van der Waals surface area contributed by atoms with Gasteiger partial charge in [-0.1, -0.05) is 12.2 Å². The van der Waals surface area contributed by atoms with E-state index >= 15 is 0 Å². The molecule has 1 heterocycles. The van der Waals surface area contributed by atoms with Crippen molar-refractivity contribution in [2.24, 2.45) is 10.5 Å². The summed E-state index contributed by atoms with van der Waals surface area (Å²) in [6.45, 7) is 2.19. The van der Waals surface area contributed by atoms with Gasteiger partial charge < -0.3 is 0 Å². The molecule has 1 N–H and O–H groups in total. The number of nitrogens with zero attached hydrogens (tertiary/aromatic N) is 1. The summed E-state index contributed by atoms with van der Waals surface area (Å²) in [6, 6.07) is 0. The van der Waals surface area contributed by atoms with E-state index in [0.29, 0.717) is 0 Å². The molecule has 1 atom stereocenters. The fraction of sp³-hybridized carbons (Fsp3) is 0.375. The van der Waals surface area contributed by atoms with Crippen molar-refractivity contribution in [1.82, 2.24) is 5.43 Å². The largest absolute Gasteiger partial charge is 0.282 e. The molecule has 0 saturated carbocycles. The number of hydrogen-bond acceptors (Lipinski definition) is 2. The van der Waals surface area contributed by atoms with Crippen LogP contribution in [0.25, 0.3) is 0 Å². The Morgan fingerprint density at radius 3 is 3.40 bits per heavy atom. The first kappa shape index (κ1) is 5.71. The molecule has 0 saturated heterocycles. The lowest BCUT2D eigenvalue weighted by molar-refractivity contribution is 0.561. The van der Waals surface area contributed by atoms with Crippen LogP contribution in [0.4, 0.5) is 0 Å². The van der Waals surface area contributed by atoms with Gasteiger partial charge in [-0.2, -0.15) is 5.10 Å². The molecule has 52 valence electrons. The van der Waals surface area contributed by atoms with Crippen LogP contribution in [0.15, 0.2) is 29.0 Å². The lowest BCUT2D eigenvalue weighted by Crippen LogP contribution is -2.21. The molecule has 0 fully saturated rings. The van der Waals surface area contributed by atoms with E-state index in [1.54, 1.807) is 0 Å². The number of nitrogens with one attached hydrogen (secondary N) is 1. The number of hydrazone groups is 1. The molecule has 2 nitrogen and oxygen atoms in total. The van der Waals surface area contributed by atoms with E-state index in [-0.39, 0.29) is 5.41 Å². The summed E-state index contributed by atoms with van der Waals surface area (Å²) in [7, 11) is 0. The van der Waals surface area contributed by atoms with Gasteiger partial charge in [0.2, 0.25) is 0 Å². The van der Waals surface area contributed by atoms with Gasteiger partial charge in [0.25, 0.3) is 0 Å². The topological polar surface area (TPSA) is 24.4 Å². The summed E-state index contributed by atoms with van der Waals surface area (Å²) < 4.78 is 0. The van der Waals surface area contributed by atoms with Crippen molar-refractivity contribution in [3.05, 3.63) is 23.9 Å². The zero-order valence-corrected chi connectivity index (χ0v) is 5.96. The lowest BCUT2D eigenvalue weighted by atomic mass is 9.83. The van der Waals surface area contributed by atoms with Gasteiger partial charge in [0.05, 0.1) is 0 Å². The van der Waals surface area contributed by atoms with Gasteiger partial charge in [0.15, 0.2) is 0 Å². The second-order valence-electron chi connectivity index (χ2n) is 3.00. The van der Waals surface area contributed by atoms with Crippen LogP contribution < -0.4 is 5.43 Å². The quantitative estimate of drug-likeness (QED) is 0.532. The maximum atomic E-state index is 4.02. The van der Waals surface area contributed by atoms with Crippen LogP contribution in [0.5, 0.6) is 0 Å². The van der Waals surface area contributed by atoms with Gasteiger partial charge in [0, 0.05) is 17.3 Å². The van der Waals surface area contributed by atoms with Crippen LogP contribution in [-0.2, 0) is 0 Å². The third-order valence-electron chi connectivity index (χ3n) is 2.09. The van der Waals surface area contributed by atoms with Crippen molar-refractivity contribution in [3.63, 3.8) is 0 Å². The molecule has 2 aliphatic rings. The number of rotatable bonds is 0. The average molecular weight is 134 g/mol. The molecule has 0 bridgehead atoms. The third-order valence-corrected chi connectivity index (χ3v) is 2.09. The van der Waals surface area contributed by atoms with Crippen molar-refractivity contribution >= 4 is 6.21 Å². The lowest BCUT2D eigenvalue weighted by Gasteiger charge is -2.22. The summed E-state index contributed by atoms with van der Waals surface area (Å²) >= 11 is 0. The maximum absolute atomic E-state index is 4.02. The Bertz CT molecular complexity index is 238. The van der Waals surface area contributed by atoms with Crippen LogP contribution in [0.3, 0.4) is 0 Å². The molecule has 10 heavy (non-hydrogen) atoms. The Morgan fingerprint density at radius 1 is 1.70 bits per heavy atom. The molecule has 1 unspecified atom stereocenters. The van der Waals surface area contributed by atoms with Crippen LogP contribution in [0, 0.1) is 5.41 Å². The molecule has 0 aromatic carbocycles. The highest BCUT2D eigenvalue weighted by Crippen LogP contribution is 2.33. The molecular weight excluding hydrogens is 124 g/mol. The highest BCUT2D eigenvalue weighted by Gasteiger charge is 2.30. The standard InChI is InChI=1S/C8H10N2/c1-8-5-3-2-4-7(8)10-9-6-8/h2-4,6,10H,5H2,1H3. The molecule has 0 radical (unpaired) electrons. The maximum Gasteiger partial charge on any atom is 0.0496 e. The zero-order valence-electron chi connectivity index (χ0n) is 5.96. The molecule has 0 aromatic heterocycles. The van der Waals surface area contributed by atoms with Crippen molar-refractivity contribution in [3.8, 4) is 0 Å². The molecular formula is C8H10N2. The number of fused-ring (bicyclic) bond motifs is 1. The predicted molar refractivity (Wildman–Crippen MR) is 41.6 cm³/mol. The molecule has 1 aliphatic carbocycles. The van der Waals surface area contributed by atoms with Gasteiger partial charge in [-0.15, -0.1) is 0 Å². The Hall–Kier alpha value is -1.05. The van der Waals surface area contributed by atoms with E-state index in [1.165, 1.54) is 5.70 Å². The Balaban J connectivity index is 2.41. The van der Waals surface area contributed by atoms with Gasteiger partial charge in [-0.05, 0) is 19.4 Å². The molecule has 0 amide bonds. The molecule has 1 aliphatic heterocycles. The van der Waals surface area contributed by atoms with E-state index in [4.69, 9.17) is 0 Å². The van der Waals surface area contributed by atoms with E-state index in [9.17, 15) is 0 Å². The average Bonchev–Trinajstić information content (AvgIpc) is 2.29. The van der Waals surface area contributed by atoms with Crippen molar-refractivity contribution in [2.75, 3.05) is 0 Å². The number of hydrogen-bond donors (Lipinski definition) is 1. The van der Waals surface area contributed by atoms with Gasteiger partial charge >= 0.3 is 0 Å². The molecule has 0 aromatic rings. The van der Waals surface area contributed by atoms with Gasteiger partial charge in [-0.3, -0.25) is 5.43 Å². The van der Waals surface area contributed by atoms with Crippen LogP contribution in [0.2, 0.25) is 0 Å². The molecule has 0 spiro atoms. The fourth-order valence-electron chi connectivity index (χ4n) is 1.31. The highest BCUT2D eigenvalue weighted by molar-refractivity contribution is 5.73. The Kier molecular flexibility index (Phi) is 0.982. The van der Waals surface area contributed by atoms with Crippen LogP contribution in [-0.4, -0.2) is 6.21 Å². The monoisotopic (exact) mass is 134 g/mol. The molecule has 2 rings (SSSR count). The summed E-state index contributed by atoms with van der Waals surface area (Å²) in [5, 5.41) is 4.02. The summed E-state index contributed by atoms with van der Waals surface area (Å²) in [6.07, 6.45) is 9.36. The summed E-state index contributed by atoms with van der Waals surface area (Å²) in [5.74, 6) is 0. The smallest absolute Gasteiger partial charge is 0.0496 e. The van der Waals surface area contributed by atoms with Crippen molar-refractivity contribution in [1.29, 1.82) is 0 Å². The minimum absolute atomic E-state index is 0.161. The SMILES string of the molecule is CC12C=NNC1=CC=CC2. The number of allylic oxidation sites excluding steroid dienone is 4. The second kappa shape index (κ2) is 1.72. The van der Waals surface area contributed by atoms with Crippen LogP contribution in [0.1, 0.15) is 13.3 Å². The predicted octanol–water partition coefficient (Wildman–Crippen LogP) is 1.43. The van der Waals surface area contributed by atoms with Gasteiger partial charge in [0.1, 0.15) is 0 Å². The van der Waals surface area contributed by atoms with Crippen molar-refractivity contribution in [2.45, 2.75) is 13.3 Å². The third kappa shape index (κ3) is 0.618. The first-order valence-corrected chi connectivity index (χ1v) is 3.49. The van der Waals surface area contributed by atoms with Crippen LogP contribution >= 0.6 is 0 Å². The highest BCUT2D eigenvalue weighted by atomic mass is 15.3. The minimum Gasteiger partial charge on any atom is -0.282 e. The first-order valence-electron chi connectivity index (χ1n) is 3.49. The fourth-order valence-corrected chi connectivity index (χ4v) is 1.31. The zero-order chi connectivity index (χ0) is 7.03. The summed E-state index contributed by atoms with van der Waals surface area (Å²) in [4.78, 5) is 0. The van der Waals surface area contributed by atoms with E-state index < -0.39 is 0 Å². The molecule has 2 heteroatoms. The normalized spacial score (nSPS) is 35.1.